The molecule has 1 aromatic carbocycles. The second-order valence-corrected chi connectivity index (χ2v) is 5.88. The van der Waals surface area contributed by atoms with Crippen LogP contribution in [0.3, 0.4) is 0 Å². The first-order chi connectivity index (χ1) is 10.5. The first-order valence-corrected chi connectivity index (χ1v) is 7.50. The summed E-state index contributed by atoms with van der Waals surface area (Å²) in [7, 11) is 0. The number of pyridine rings is 1. The van der Waals surface area contributed by atoms with E-state index in [0.717, 1.165) is 15.7 Å². The van der Waals surface area contributed by atoms with Crippen LogP contribution in [0, 0.1) is 12.7 Å². The zero-order valence-electron chi connectivity index (χ0n) is 11.8. The molecule has 0 spiro atoms. The summed E-state index contributed by atoms with van der Waals surface area (Å²) in [5, 5.41) is 2.68. The maximum absolute atomic E-state index is 13.5. The molecule has 1 amide bonds. The van der Waals surface area contributed by atoms with Crippen LogP contribution in [0.4, 0.5) is 4.39 Å². The quantitative estimate of drug-likeness (QED) is 0.776. The minimum Gasteiger partial charge on any atom is -0.346 e. The summed E-state index contributed by atoms with van der Waals surface area (Å²) in [4.78, 5) is 16.5. The molecule has 0 unspecified atom stereocenters. The zero-order chi connectivity index (χ0) is 15.7. The highest BCUT2D eigenvalue weighted by Crippen LogP contribution is 2.17. The van der Waals surface area contributed by atoms with Gasteiger partial charge in [-0.05, 0) is 46.6 Å². The lowest BCUT2D eigenvalue weighted by Crippen LogP contribution is -2.23. The summed E-state index contributed by atoms with van der Waals surface area (Å²) in [6, 6.07) is 7.87. The lowest BCUT2D eigenvalue weighted by atomic mass is 10.2. The number of aryl methyl sites for hydroxylation is 1. The summed E-state index contributed by atoms with van der Waals surface area (Å²) in [5.74, 6) is -0.983. The number of rotatable bonds is 3. The van der Waals surface area contributed by atoms with Gasteiger partial charge >= 0.3 is 0 Å². The van der Waals surface area contributed by atoms with E-state index in [-0.39, 0.29) is 12.1 Å². The highest BCUT2D eigenvalue weighted by molar-refractivity contribution is 9.10. The van der Waals surface area contributed by atoms with Gasteiger partial charge in [-0.15, -0.1) is 0 Å². The molecule has 0 aliphatic heterocycles. The van der Waals surface area contributed by atoms with E-state index in [2.05, 4.69) is 26.2 Å². The van der Waals surface area contributed by atoms with Crippen LogP contribution in [0.2, 0.25) is 0 Å². The molecule has 0 bridgehead atoms. The lowest BCUT2D eigenvalue weighted by molar-refractivity contribution is 0.0946. The lowest BCUT2D eigenvalue weighted by Gasteiger charge is -2.03. The van der Waals surface area contributed by atoms with Crippen LogP contribution in [0.1, 0.15) is 21.6 Å². The summed E-state index contributed by atoms with van der Waals surface area (Å²) in [6.07, 6.45) is 3.74. The molecule has 3 rings (SSSR count). The third kappa shape index (κ3) is 2.87. The topological polar surface area (TPSA) is 46.4 Å². The average molecular weight is 362 g/mol. The Bertz CT molecular complexity index is 860. The Morgan fingerprint density at radius 3 is 2.91 bits per heavy atom. The van der Waals surface area contributed by atoms with Crippen molar-refractivity contribution in [2.45, 2.75) is 13.5 Å². The molecule has 0 aliphatic rings. The van der Waals surface area contributed by atoms with Gasteiger partial charge in [-0.25, -0.2) is 9.37 Å². The predicted molar refractivity (Wildman–Crippen MR) is 85.2 cm³/mol. The Balaban J connectivity index is 1.78. The molecule has 0 atom stereocenters. The van der Waals surface area contributed by atoms with Crippen molar-refractivity contribution in [3.8, 4) is 0 Å². The van der Waals surface area contributed by atoms with Crippen LogP contribution in [0.15, 0.2) is 47.2 Å². The van der Waals surface area contributed by atoms with E-state index >= 15 is 0 Å². The Labute approximate surface area is 135 Å². The molecule has 6 heteroatoms. The number of carbonyl (C=O) groups excluding carboxylic acids is 1. The van der Waals surface area contributed by atoms with Crippen molar-refractivity contribution in [1.29, 1.82) is 0 Å². The number of nitrogens with zero attached hydrogens (tertiary/aromatic N) is 2. The Morgan fingerprint density at radius 2 is 2.14 bits per heavy atom. The first-order valence-electron chi connectivity index (χ1n) is 6.71. The van der Waals surface area contributed by atoms with Crippen molar-refractivity contribution >= 4 is 27.5 Å². The Hall–Kier alpha value is -2.21. The van der Waals surface area contributed by atoms with Crippen LogP contribution in [-0.2, 0) is 6.54 Å². The largest absolute Gasteiger partial charge is 0.346 e. The van der Waals surface area contributed by atoms with Gasteiger partial charge in [0.2, 0.25) is 0 Å². The molecular formula is C16H13BrFN3O. The van der Waals surface area contributed by atoms with Crippen LogP contribution in [-0.4, -0.2) is 15.3 Å². The minimum atomic E-state index is -0.533. The Kier molecular flexibility index (Phi) is 3.94. The standard InChI is InChI=1S/C16H13BrFN3O/c1-10-6-11(17)8-21-9-12(20-15(10)21)7-19-16(22)13-4-2-3-5-14(13)18/h2-6,8-9H,7H2,1H3,(H,19,22). The van der Waals surface area contributed by atoms with Gasteiger partial charge in [-0.3, -0.25) is 4.79 Å². The van der Waals surface area contributed by atoms with E-state index in [1.54, 1.807) is 12.1 Å². The fourth-order valence-corrected chi connectivity index (χ4v) is 2.84. The molecule has 0 aliphatic carbocycles. The number of imidazole rings is 1. The summed E-state index contributed by atoms with van der Waals surface area (Å²) in [6.45, 7) is 2.21. The van der Waals surface area contributed by atoms with Crippen molar-refractivity contribution in [2.75, 3.05) is 0 Å². The van der Waals surface area contributed by atoms with Gasteiger partial charge in [0.15, 0.2) is 0 Å². The number of carbonyl (C=O) groups is 1. The fourth-order valence-electron chi connectivity index (χ4n) is 2.27. The van der Waals surface area contributed by atoms with Crippen LogP contribution in [0.25, 0.3) is 5.65 Å². The summed E-state index contributed by atoms with van der Waals surface area (Å²) < 4.78 is 16.4. The maximum Gasteiger partial charge on any atom is 0.254 e. The van der Waals surface area contributed by atoms with Crippen LogP contribution < -0.4 is 5.32 Å². The highest BCUT2D eigenvalue weighted by atomic mass is 79.9. The van der Waals surface area contributed by atoms with E-state index in [1.165, 1.54) is 12.1 Å². The molecule has 0 saturated heterocycles. The highest BCUT2D eigenvalue weighted by Gasteiger charge is 2.11. The summed E-state index contributed by atoms with van der Waals surface area (Å²) >= 11 is 3.43. The van der Waals surface area contributed by atoms with Crippen molar-refractivity contribution in [3.63, 3.8) is 0 Å². The summed E-state index contributed by atoms with van der Waals surface area (Å²) in [5.41, 5.74) is 2.61. The van der Waals surface area contributed by atoms with E-state index in [1.807, 2.05) is 29.8 Å². The number of fused-ring (bicyclic) bond motifs is 1. The molecule has 3 aromatic rings. The molecule has 4 nitrogen and oxygen atoms in total. The number of amides is 1. The van der Waals surface area contributed by atoms with Crippen molar-refractivity contribution in [1.82, 2.24) is 14.7 Å². The van der Waals surface area contributed by atoms with Crippen molar-refractivity contribution in [2.24, 2.45) is 0 Å². The number of aromatic nitrogens is 2. The minimum absolute atomic E-state index is 0.0326. The van der Waals surface area contributed by atoms with E-state index in [9.17, 15) is 9.18 Å². The number of benzene rings is 1. The average Bonchev–Trinajstić information content (AvgIpc) is 2.88. The fraction of sp³-hybridized carbons (Fsp3) is 0.125. The van der Waals surface area contributed by atoms with Gasteiger partial charge in [0.1, 0.15) is 11.5 Å². The van der Waals surface area contributed by atoms with Crippen LogP contribution >= 0.6 is 15.9 Å². The van der Waals surface area contributed by atoms with Gasteiger partial charge in [0, 0.05) is 16.9 Å². The predicted octanol–water partition coefficient (Wildman–Crippen LogP) is 3.47. The van der Waals surface area contributed by atoms with Gasteiger partial charge in [0.25, 0.3) is 5.91 Å². The number of halogens is 2. The van der Waals surface area contributed by atoms with E-state index in [4.69, 9.17) is 0 Å². The SMILES string of the molecule is Cc1cc(Br)cn2cc(CNC(=O)c3ccccc3F)nc12. The number of nitrogens with one attached hydrogen (secondary N) is 1. The molecule has 0 saturated carbocycles. The van der Waals surface area contributed by atoms with Crippen molar-refractivity contribution in [3.05, 3.63) is 69.8 Å². The smallest absolute Gasteiger partial charge is 0.254 e. The second-order valence-electron chi connectivity index (χ2n) is 4.97. The number of hydrogen-bond donors (Lipinski definition) is 1. The third-order valence-corrected chi connectivity index (χ3v) is 3.73. The van der Waals surface area contributed by atoms with Gasteiger partial charge in [-0.1, -0.05) is 12.1 Å². The molecule has 22 heavy (non-hydrogen) atoms. The normalized spacial score (nSPS) is 10.9. The second kappa shape index (κ2) is 5.88. The van der Waals surface area contributed by atoms with Crippen molar-refractivity contribution < 1.29 is 9.18 Å². The van der Waals surface area contributed by atoms with Gasteiger partial charge in [0.05, 0.1) is 17.8 Å². The molecule has 2 heterocycles. The van der Waals surface area contributed by atoms with Crippen LogP contribution in [0.5, 0.6) is 0 Å². The molecule has 2 aromatic heterocycles. The zero-order valence-corrected chi connectivity index (χ0v) is 13.4. The maximum atomic E-state index is 13.5. The Morgan fingerprint density at radius 1 is 1.36 bits per heavy atom. The van der Waals surface area contributed by atoms with Gasteiger partial charge in [-0.2, -0.15) is 0 Å². The molecule has 0 fully saturated rings. The third-order valence-electron chi connectivity index (χ3n) is 3.30. The van der Waals surface area contributed by atoms with E-state index in [0.29, 0.717) is 5.69 Å². The molecule has 0 radical (unpaired) electrons. The van der Waals surface area contributed by atoms with E-state index < -0.39 is 11.7 Å². The molecule has 112 valence electrons. The monoisotopic (exact) mass is 361 g/mol. The molecular weight excluding hydrogens is 349 g/mol. The number of hydrogen-bond acceptors (Lipinski definition) is 2. The molecule has 1 N–H and O–H groups in total. The van der Waals surface area contributed by atoms with Gasteiger partial charge < -0.3 is 9.72 Å². The first kappa shape index (κ1) is 14.7.